The van der Waals surface area contributed by atoms with Crippen molar-refractivity contribution in [2.45, 2.75) is 5.54 Å². The van der Waals surface area contributed by atoms with E-state index in [2.05, 4.69) is 11.4 Å². The average Bonchev–Trinajstić information content (AvgIpc) is 2.51. The van der Waals surface area contributed by atoms with Crippen LogP contribution in [0.4, 0.5) is 0 Å². The summed E-state index contributed by atoms with van der Waals surface area (Å²) in [5.74, 6) is 0.758. The van der Waals surface area contributed by atoms with Gasteiger partial charge in [0.25, 0.3) is 0 Å². The Hall–Kier alpha value is -2.31. The molecule has 0 radical (unpaired) electrons. The molecule has 0 aliphatic carbocycles. The summed E-state index contributed by atoms with van der Waals surface area (Å²) >= 11 is 0. The van der Waals surface area contributed by atoms with Gasteiger partial charge in [-0.2, -0.15) is 5.26 Å². The summed E-state index contributed by atoms with van der Waals surface area (Å²) in [6.45, 7) is 0.258. The number of nitrogens with zero attached hydrogens (tertiary/aromatic N) is 1. The number of para-hydroxylation sites is 1. The number of ether oxygens (including phenoxy) is 1. The third-order valence-electron chi connectivity index (χ3n) is 3.08. The van der Waals surface area contributed by atoms with Gasteiger partial charge in [0.05, 0.1) is 6.07 Å². The highest BCUT2D eigenvalue weighted by molar-refractivity contribution is 5.32. The highest BCUT2D eigenvalue weighted by Crippen LogP contribution is 2.21. The van der Waals surface area contributed by atoms with Crippen LogP contribution in [-0.4, -0.2) is 13.7 Å². The molecule has 3 heteroatoms. The molecular formula is C16H16N2O. The zero-order chi connectivity index (χ0) is 13.6. The molecule has 0 heterocycles. The van der Waals surface area contributed by atoms with Crippen LogP contribution in [-0.2, 0) is 5.54 Å². The largest absolute Gasteiger partial charge is 0.490 e. The molecule has 0 aliphatic rings. The molecule has 2 rings (SSSR count). The Bertz CT molecular complexity index is 548. The van der Waals surface area contributed by atoms with Gasteiger partial charge in [0, 0.05) is 0 Å². The van der Waals surface area contributed by atoms with Crippen molar-refractivity contribution in [2.75, 3.05) is 13.7 Å². The lowest BCUT2D eigenvalue weighted by molar-refractivity contribution is 0.231. The van der Waals surface area contributed by atoms with Crippen LogP contribution in [0.5, 0.6) is 5.75 Å². The van der Waals surface area contributed by atoms with Gasteiger partial charge in [0.15, 0.2) is 5.54 Å². The van der Waals surface area contributed by atoms with E-state index in [-0.39, 0.29) is 6.61 Å². The van der Waals surface area contributed by atoms with Gasteiger partial charge >= 0.3 is 0 Å². The summed E-state index contributed by atoms with van der Waals surface area (Å²) < 4.78 is 5.72. The van der Waals surface area contributed by atoms with Crippen molar-refractivity contribution in [1.82, 2.24) is 5.32 Å². The van der Waals surface area contributed by atoms with Crippen molar-refractivity contribution in [3.8, 4) is 11.8 Å². The standard InChI is InChI=1S/C16H16N2O/c1-18-16(12-17,14-8-4-2-5-9-14)13-19-15-10-6-3-7-11-15/h2-11,18H,13H2,1H3. The third kappa shape index (κ3) is 2.93. The molecule has 0 spiro atoms. The van der Waals surface area contributed by atoms with Gasteiger partial charge in [-0.1, -0.05) is 48.5 Å². The van der Waals surface area contributed by atoms with Gasteiger partial charge in [-0.25, -0.2) is 0 Å². The fourth-order valence-corrected chi connectivity index (χ4v) is 1.88. The molecule has 0 aromatic heterocycles. The number of hydrogen-bond acceptors (Lipinski definition) is 3. The SMILES string of the molecule is CNC(C#N)(COc1ccccc1)c1ccccc1. The van der Waals surface area contributed by atoms with E-state index in [1.807, 2.05) is 60.7 Å². The number of rotatable bonds is 5. The van der Waals surface area contributed by atoms with Gasteiger partial charge in [-0.3, -0.25) is 5.32 Å². The Kier molecular flexibility index (Phi) is 4.17. The Morgan fingerprint density at radius 3 is 2.16 bits per heavy atom. The normalized spacial score (nSPS) is 13.3. The number of nitrogens with one attached hydrogen (secondary N) is 1. The van der Waals surface area contributed by atoms with Crippen LogP contribution in [0.2, 0.25) is 0 Å². The molecule has 0 saturated heterocycles. The predicted octanol–water partition coefficient (Wildman–Crippen LogP) is 2.70. The molecule has 0 amide bonds. The molecule has 2 aromatic rings. The lowest BCUT2D eigenvalue weighted by atomic mass is 9.92. The second kappa shape index (κ2) is 6.03. The second-order valence-electron chi connectivity index (χ2n) is 4.23. The van der Waals surface area contributed by atoms with Gasteiger partial charge < -0.3 is 4.74 Å². The quantitative estimate of drug-likeness (QED) is 0.890. The van der Waals surface area contributed by atoms with Crippen molar-refractivity contribution in [2.24, 2.45) is 0 Å². The highest BCUT2D eigenvalue weighted by atomic mass is 16.5. The Balaban J connectivity index is 2.20. The van der Waals surface area contributed by atoms with Crippen LogP contribution in [0.15, 0.2) is 60.7 Å². The van der Waals surface area contributed by atoms with E-state index in [0.29, 0.717) is 0 Å². The first kappa shape index (κ1) is 13.1. The van der Waals surface area contributed by atoms with Crippen LogP contribution >= 0.6 is 0 Å². The topological polar surface area (TPSA) is 45.0 Å². The van der Waals surface area contributed by atoms with Gasteiger partial charge in [-0.15, -0.1) is 0 Å². The lowest BCUT2D eigenvalue weighted by Gasteiger charge is -2.26. The van der Waals surface area contributed by atoms with Gasteiger partial charge in [0.1, 0.15) is 12.4 Å². The number of hydrogen-bond donors (Lipinski definition) is 1. The smallest absolute Gasteiger partial charge is 0.166 e. The summed E-state index contributed by atoms with van der Waals surface area (Å²) in [6, 6.07) is 21.4. The number of likely N-dealkylation sites (N-methyl/N-ethyl adjacent to an activating group) is 1. The van der Waals surface area contributed by atoms with Crippen molar-refractivity contribution in [1.29, 1.82) is 5.26 Å². The van der Waals surface area contributed by atoms with E-state index in [9.17, 15) is 5.26 Å². The van der Waals surface area contributed by atoms with Crippen LogP contribution in [0, 0.1) is 11.3 Å². The molecule has 1 unspecified atom stereocenters. The summed E-state index contributed by atoms with van der Waals surface area (Å²) in [6.07, 6.45) is 0. The molecule has 0 saturated carbocycles. The minimum atomic E-state index is -0.836. The Labute approximate surface area is 113 Å². The van der Waals surface area contributed by atoms with Crippen molar-refractivity contribution >= 4 is 0 Å². The zero-order valence-corrected chi connectivity index (χ0v) is 10.8. The first-order chi connectivity index (χ1) is 9.30. The molecule has 0 bridgehead atoms. The number of nitriles is 1. The molecule has 19 heavy (non-hydrogen) atoms. The van der Waals surface area contributed by atoms with E-state index in [1.54, 1.807) is 7.05 Å². The molecule has 3 nitrogen and oxygen atoms in total. The molecule has 0 fully saturated rings. The summed E-state index contributed by atoms with van der Waals surface area (Å²) in [5, 5.41) is 12.6. The highest BCUT2D eigenvalue weighted by Gasteiger charge is 2.31. The van der Waals surface area contributed by atoms with Crippen LogP contribution < -0.4 is 10.1 Å². The van der Waals surface area contributed by atoms with Gasteiger partial charge in [-0.05, 0) is 24.7 Å². The lowest BCUT2D eigenvalue weighted by Crippen LogP contribution is -2.44. The maximum absolute atomic E-state index is 9.52. The van der Waals surface area contributed by atoms with Crippen molar-refractivity contribution in [3.05, 3.63) is 66.2 Å². The molecule has 2 aromatic carbocycles. The van der Waals surface area contributed by atoms with Crippen molar-refractivity contribution < 1.29 is 4.74 Å². The van der Waals surface area contributed by atoms with Crippen LogP contribution in [0.25, 0.3) is 0 Å². The monoisotopic (exact) mass is 252 g/mol. The van der Waals surface area contributed by atoms with E-state index < -0.39 is 5.54 Å². The second-order valence-corrected chi connectivity index (χ2v) is 4.23. The molecule has 1 atom stereocenters. The summed E-state index contributed by atoms with van der Waals surface area (Å²) in [7, 11) is 1.77. The van der Waals surface area contributed by atoms with E-state index in [0.717, 1.165) is 11.3 Å². The predicted molar refractivity (Wildman–Crippen MR) is 74.7 cm³/mol. The summed E-state index contributed by atoms with van der Waals surface area (Å²) in [5.41, 5.74) is 0.0628. The maximum atomic E-state index is 9.52. The van der Waals surface area contributed by atoms with E-state index in [4.69, 9.17) is 4.74 Å². The third-order valence-corrected chi connectivity index (χ3v) is 3.08. The molecular weight excluding hydrogens is 236 g/mol. The van der Waals surface area contributed by atoms with Crippen LogP contribution in [0.1, 0.15) is 5.56 Å². The summed E-state index contributed by atoms with van der Waals surface area (Å²) in [4.78, 5) is 0. The minimum absolute atomic E-state index is 0.258. The van der Waals surface area contributed by atoms with E-state index in [1.165, 1.54) is 0 Å². The zero-order valence-electron chi connectivity index (χ0n) is 10.8. The molecule has 0 aliphatic heterocycles. The van der Waals surface area contributed by atoms with E-state index >= 15 is 0 Å². The average molecular weight is 252 g/mol. The van der Waals surface area contributed by atoms with Crippen LogP contribution in [0.3, 0.4) is 0 Å². The fourth-order valence-electron chi connectivity index (χ4n) is 1.88. The first-order valence-electron chi connectivity index (χ1n) is 6.14. The van der Waals surface area contributed by atoms with Gasteiger partial charge in [0.2, 0.25) is 0 Å². The Morgan fingerprint density at radius 2 is 1.63 bits per heavy atom. The van der Waals surface area contributed by atoms with Crippen molar-refractivity contribution in [3.63, 3.8) is 0 Å². The molecule has 1 N–H and O–H groups in total. The molecule has 96 valence electrons. The number of benzene rings is 2. The Morgan fingerprint density at radius 1 is 1.05 bits per heavy atom. The fraction of sp³-hybridized carbons (Fsp3) is 0.188. The first-order valence-corrected chi connectivity index (χ1v) is 6.14. The minimum Gasteiger partial charge on any atom is -0.490 e. The maximum Gasteiger partial charge on any atom is 0.166 e.